The Balaban J connectivity index is 2.28. The standard InChI is InChI=1S/C11H10N2O2/c14-11(15)8-5-9(7-1-2-7)10-12-3-4-13(10)6-8/h3-7H,1-2H2,(H,14,15). The monoisotopic (exact) mass is 202 g/mol. The summed E-state index contributed by atoms with van der Waals surface area (Å²) in [6.07, 6.45) is 7.38. The predicted molar refractivity (Wildman–Crippen MR) is 54.1 cm³/mol. The van der Waals surface area contributed by atoms with Crippen LogP contribution in [0.15, 0.2) is 24.7 Å². The quantitative estimate of drug-likeness (QED) is 0.809. The van der Waals surface area contributed by atoms with Crippen molar-refractivity contribution in [1.29, 1.82) is 0 Å². The molecule has 1 N–H and O–H groups in total. The number of fused-ring (bicyclic) bond motifs is 1. The van der Waals surface area contributed by atoms with E-state index in [4.69, 9.17) is 5.11 Å². The fourth-order valence-electron chi connectivity index (χ4n) is 1.87. The highest BCUT2D eigenvalue weighted by atomic mass is 16.4. The van der Waals surface area contributed by atoms with E-state index in [1.54, 1.807) is 29.1 Å². The van der Waals surface area contributed by atoms with Crippen molar-refractivity contribution in [2.75, 3.05) is 0 Å². The van der Waals surface area contributed by atoms with E-state index in [1.807, 2.05) is 0 Å². The molecule has 15 heavy (non-hydrogen) atoms. The van der Waals surface area contributed by atoms with Crippen molar-refractivity contribution in [3.05, 3.63) is 35.8 Å². The molecule has 1 saturated carbocycles. The molecule has 1 aliphatic rings. The topological polar surface area (TPSA) is 54.6 Å². The first kappa shape index (κ1) is 8.47. The van der Waals surface area contributed by atoms with E-state index in [2.05, 4.69) is 4.98 Å². The summed E-state index contributed by atoms with van der Waals surface area (Å²) in [4.78, 5) is 15.2. The summed E-state index contributed by atoms with van der Waals surface area (Å²) in [5.41, 5.74) is 2.30. The summed E-state index contributed by atoms with van der Waals surface area (Å²) in [7, 11) is 0. The molecular weight excluding hydrogens is 192 g/mol. The molecule has 2 heterocycles. The Morgan fingerprint density at radius 2 is 2.33 bits per heavy atom. The van der Waals surface area contributed by atoms with Crippen LogP contribution in [-0.2, 0) is 0 Å². The minimum Gasteiger partial charge on any atom is -0.478 e. The van der Waals surface area contributed by atoms with Crippen LogP contribution in [0.2, 0.25) is 0 Å². The molecule has 3 rings (SSSR count). The SMILES string of the molecule is O=C(O)c1cc(C2CC2)c2nccn2c1. The van der Waals surface area contributed by atoms with Gasteiger partial charge in [0.25, 0.3) is 0 Å². The maximum atomic E-state index is 10.9. The van der Waals surface area contributed by atoms with Crippen LogP contribution in [0.25, 0.3) is 5.65 Å². The molecule has 0 aliphatic heterocycles. The molecule has 76 valence electrons. The maximum Gasteiger partial charge on any atom is 0.337 e. The zero-order valence-electron chi connectivity index (χ0n) is 8.05. The first-order valence-electron chi connectivity index (χ1n) is 4.95. The second kappa shape index (κ2) is 2.82. The molecule has 2 aromatic heterocycles. The normalized spacial score (nSPS) is 15.7. The number of nitrogens with zero attached hydrogens (tertiary/aromatic N) is 2. The third kappa shape index (κ3) is 1.29. The van der Waals surface area contributed by atoms with Gasteiger partial charge in [-0.3, -0.25) is 0 Å². The number of hydrogen-bond acceptors (Lipinski definition) is 2. The molecular formula is C11H10N2O2. The number of carbonyl (C=O) groups is 1. The van der Waals surface area contributed by atoms with Crippen molar-refractivity contribution in [1.82, 2.24) is 9.38 Å². The highest BCUT2D eigenvalue weighted by Gasteiger charge is 2.27. The Morgan fingerprint density at radius 1 is 1.53 bits per heavy atom. The van der Waals surface area contributed by atoms with Gasteiger partial charge in [0.2, 0.25) is 0 Å². The van der Waals surface area contributed by atoms with Crippen LogP contribution in [0.5, 0.6) is 0 Å². The van der Waals surface area contributed by atoms with Crippen LogP contribution in [0.3, 0.4) is 0 Å². The lowest BCUT2D eigenvalue weighted by Crippen LogP contribution is -2.01. The molecule has 0 aromatic carbocycles. The molecule has 2 aromatic rings. The van der Waals surface area contributed by atoms with Gasteiger partial charge in [0.15, 0.2) is 0 Å². The Bertz CT molecular complexity index is 541. The Hall–Kier alpha value is -1.84. The van der Waals surface area contributed by atoms with Gasteiger partial charge in [-0.15, -0.1) is 0 Å². The van der Waals surface area contributed by atoms with Crippen molar-refractivity contribution in [3.8, 4) is 0 Å². The maximum absolute atomic E-state index is 10.9. The summed E-state index contributed by atoms with van der Waals surface area (Å²) < 4.78 is 1.79. The molecule has 4 heteroatoms. The average molecular weight is 202 g/mol. The van der Waals surface area contributed by atoms with Crippen LogP contribution in [-0.4, -0.2) is 20.5 Å². The van der Waals surface area contributed by atoms with Crippen LogP contribution >= 0.6 is 0 Å². The van der Waals surface area contributed by atoms with E-state index in [0.717, 1.165) is 24.1 Å². The van der Waals surface area contributed by atoms with Crippen LogP contribution in [0.4, 0.5) is 0 Å². The van der Waals surface area contributed by atoms with Crippen LogP contribution in [0, 0.1) is 0 Å². The van der Waals surface area contributed by atoms with Crippen molar-refractivity contribution < 1.29 is 9.90 Å². The van der Waals surface area contributed by atoms with Crippen LogP contribution < -0.4 is 0 Å². The number of rotatable bonds is 2. The highest BCUT2D eigenvalue weighted by Crippen LogP contribution is 2.41. The van der Waals surface area contributed by atoms with Gasteiger partial charge in [-0.25, -0.2) is 9.78 Å². The lowest BCUT2D eigenvalue weighted by molar-refractivity contribution is 0.0696. The number of carboxylic acids is 1. The van der Waals surface area contributed by atoms with Crippen LogP contribution in [0.1, 0.15) is 34.7 Å². The molecule has 1 fully saturated rings. The van der Waals surface area contributed by atoms with Gasteiger partial charge >= 0.3 is 5.97 Å². The molecule has 0 bridgehead atoms. The number of aromatic carboxylic acids is 1. The molecule has 4 nitrogen and oxygen atoms in total. The van der Waals surface area contributed by atoms with Gasteiger partial charge in [-0.05, 0) is 30.4 Å². The van der Waals surface area contributed by atoms with Gasteiger partial charge in [0.05, 0.1) is 5.56 Å². The zero-order chi connectivity index (χ0) is 10.4. The van der Waals surface area contributed by atoms with Gasteiger partial charge in [-0.2, -0.15) is 0 Å². The summed E-state index contributed by atoms with van der Waals surface area (Å²) in [5, 5.41) is 8.97. The Labute approximate surface area is 86.2 Å². The van der Waals surface area contributed by atoms with E-state index < -0.39 is 5.97 Å². The smallest absolute Gasteiger partial charge is 0.337 e. The molecule has 0 radical (unpaired) electrons. The third-order valence-electron chi connectivity index (χ3n) is 2.78. The lowest BCUT2D eigenvalue weighted by atomic mass is 10.1. The van der Waals surface area contributed by atoms with E-state index in [0.29, 0.717) is 11.5 Å². The number of aromatic nitrogens is 2. The van der Waals surface area contributed by atoms with E-state index >= 15 is 0 Å². The fraction of sp³-hybridized carbons (Fsp3) is 0.273. The molecule has 0 atom stereocenters. The van der Waals surface area contributed by atoms with Crippen molar-refractivity contribution in [3.63, 3.8) is 0 Å². The predicted octanol–water partition coefficient (Wildman–Crippen LogP) is 1.91. The van der Waals surface area contributed by atoms with Gasteiger partial charge in [0.1, 0.15) is 5.65 Å². The summed E-state index contributed by atoms with van der Waals surface area (Å²) >= 11 is 0. The largest absolute Gasteiger partial charge is 0.478 e. The summed E-state index contributed by atoms with van der Waals surface area (Å²) in [5.74, 6) is -0.373. The van der Waals surface area contributed by atoms with Gasteiger partial charge < -0.3 is 9.51 Å². The molecule has 0 saturated heterocycles. The average Bonchev–Trinajstić information content (AvgIpc) is 2.94. The first-order chi connectivity index (χ1) is 7.25. The van der Waals surface area contributed by atoms with Gasteiger partial charge in [0, 0.05) is 18.6 Å². The van der Waals surface area contributed by atoms with Gasteiger partial charge in [-0.1, -0.05) is 0 Å². The summed E-state index contributed by atoms with van der Waals surface area (Å²) in [6.45, 7) is 0. The van der Waals surface area contributed by atoms with E-state index in [-0.39, 0.29) is 0 Å². The number of carboxylic acid groups (broad SMARTS) is 1. The minimum absolute atomic E-state index is 0.336. The molecule has 0 spiro atoms. The molecule has 1 aliphatic carbocycles. The number of hydrogen-bond donors (Lipinski definition) is 1. The molecule has 0 amide bonds. The molecule has 0 unspecified atom stereocenters. The third-order valence-corrected chi connectivity index (χ3v) is 2.78. The van der Waals surface area contributed by atoms with E-state index in [1.165, 1.54) is 0 Å². The van der Waals surface area contributed by atoms with Crippen molar-refractivity contribution >= 4 is 11.6 Å². The number of imidazole rings is 1. The van der Waals surface area contributed by atoms with Crippen molar-refractivity contribution in [2.24, 2.45) is 0 Å². The second-order valence-corrected chi connectivity index (χ2v) is 3.92. The Morgan fingerprint density at radius 3 is 3.00 bits per heavy atom. The Kier molecular flexibility index (Phi) is 1.59. The minimum atomic E-state index is -0.882. The number of pyridine rings is 1. The fourth-order valence-corrected chi connectivity index (χ4v) is 1.87. The first-order valence-corrected chi connectivity index (χ1v) is 4.95. The van der Waals surface area contributed by atoms with E-state index in [9.17, 15) is 4.79 Å². The second-order valence-electron chi connectivity index (χ2n) is 3.92. The summed E-state index contributed by atoms with van der Waals surface area (Å²) in [6, 6.07) is 1.75. The highest BCUT2D eigenvalue weighted by molar-refractivity contribution is 5.88. The zero-order valence-corrected chi connectivity index (χ0v) is 8.05. The lowest BCUT2D eigenvalue weighted by Gasteiger charge is -2.04. The van der Waals surface area contributed by atoms with Crippen molar-refractivity contribution in [2.45, 2.75) is 18.8 Å².